The molecular formula is C27H25FN2O4. The molecule has 0 bridgehead atoms. The van der Waals surface area contributed by atoms with Crippen LogP contribution in [-0.4, -0.2) is 27.2 Å². The summed E-state index contributed by atoms with van der Waals surface area (Å²) in [5.41, 5.74) is 5.64. The summed E-state index contributed by atoms with van der Waals surface area (Å²) < 4.78 is 30.7. The molecule has 0 spiro atoms. The van der Waals surface area contributed by atoms with E-state index < -0.39 is 0 Å². The molecule has 0 saturated heterocycles. The number of carbonyl (C=O) groups excluding carboxylic acids is 1. The van der Waals surface area contributed by atoms with Gasteiger partial charge in [0.15, 0.2) is 0 Å². The maximum atomic E-state index is 13.9. The highest BCUT2D eigenvalue weighted by Gasteiger charge is 2.34. The number of carbonyl (C=O) groups is 1. The maximum absolute atomic E-state index is 13.9. The summed E-state index contributed by atoms with van der Waals surface area (Å²) in [4.78, 5) is 14.9. The van der Waals surface area contributed by atoms with Crippen LogP contribution in [0.15, 0.2) is 77.3 Å². The Kier molecular flexibility index (Phi) is 5.61. The zero-order chi connectivity index (χ0) is 23.8. The van der Waals surface area contributed by atoms with E-state index >= 15 is 0 Å². The van der Waals surface area contributed by atoms with Gasteiger partial charge in [-0.2, -0.15) is 0 Å². The largest absolute Gasteiger partial charge is 0.497 e. The molecule has 34 heavy (non-hydrogen) atoms. The molecule has 174 valence electrons. The fraction of sp³-hybridized carbons (Fsp3) is 0.222. The number of hydrogen-bond acceptors (Lipinski definition) is 5. The van der Waals surface area contributed by atoms with Gasteiger partial charge in [0.25, 0.3) is 5.91 Å². The molecule has 2 aromatic rings. The molecule has 6 nitrogen and oxygen atoms in total. The van der Waals surface area contributed by atoms with Crippen LogP contribution in [0, 0.1) is 0 Å². The molecule has 0 aromatic heterocycles. The third-order valence-corrected chi connectivity index (χ3v) is 6.25. The van der Waals surface area contributed by atoms with Crippen LogP contribution < -0.4 is 19.7 Å². The molecule has 1 amide bonds. The van der Waals surface area contributed by atoms with Gasteiger partial charge in [0.05, 0.1) is 19.8 Å². The topological polar surface area (TPSA) is 60.0 Å². The highest BCUT2D eigenvalue weighted by atomic mass is 19.1. The third-order valence-electron chi connectivity index (χ3n) is 6.25. The lowest BCUT2D eigenvalue weighted by atomic mass is 9.99. The minimum absolute atomic E-state index is 0.0657. The molecule has 1 N–H and O–H groups in total. The number of anilines is 1. The van der Waals surface area contributed by atoms with Crippen molar-refractivity contribution < 1.29 is 23.4 Å². The highest BCUT2D eigenvalue weighted by Crippen LogP contribution is 2.40. The molecule has 2 aromatic carbocycles. The van der Waals surface area contributed by atoms with Crippen LogP contribution in [0.4, 0.5) is 10.1 Å². The van der Waals surface area contributed by atoms with Crippen molar-refractivity contribution in [1.29, 1.82) is 0 Å². The van der Waals surface area contributed by atoms with E-state index in [0.717, 1.165) is 33.9 Å². The number of halogens is 1. The normalized spacial score (nSPS) is 18.6. The lowest BCUT2D eigenvalue weighted by Crippen LogP contribution is -2.17. The number of ether oxygens (including phenoxy) is 3. The molecule has 2 heterocycles. The zero-order valence-corrected chi connectivity index (χ0v) is 19.3. The first-order chi connectivity index (χ1) is 16.5. The Labute approximate surface area is 197 Å². The van der Waals surface area contributed by atoms with E-state index in [1.807, 2.05) is 37.4 Å². The Balaban J connectivity index is 1.43. The first-order valence-electron chi connectivity index (χ1n) is 11.0. The number of allylic oxidation sites excluding steroid dienone is 4. The fourth-order valence-electron chi connectivity index (χ4n) is 4.49. The molecule has 0 atom stereocenters. The predicted molar refractivity (Wildman–Crippen MR) is 128 cm³/mol. The molecule has 0 unspecified atom stereocenters. The van der Waals surface area contributed by atoms with E-state index in [9.17, 15) is 9.18 Å². The lowest BCUT2D eigenvalue weighted by molar-refractivity contribution is -0.116. The van der Waals surface area contributed by atoms with Gasteiger partial charge < -0.3 is 24.4 Å². The van der Waals surface area contributed by atoms with E-state index in [-0.39, 0.29) is 18.2 Å². The van der Waals surface area contributed by atoms with Crippen molar-refractivity contribution in [1.82, 2.24) is 5.32 Å². The Hall–Kier alpha value is -4.00. The molecule has 0 radical (unpaired) electrons. The number of nitrogens with one attached hydrogen (secondary N) is 1. The molecule has 2 aliphatic heterocycles. The molecular weight excluding hydrogens is 435 g/mol. The van der Waals surface area contributed by atoms with Crippen molar-refractivity contribution in [3.05, 3.63) is 94.0 Å². The second-order valence-electron chi connectivity index (χ2n) is 8.36. The molecule has 3 aliphatic rings. The van der Waals surface area contributed by atoms with Crippen LogP contribution in [-0.2, 0) is 22.7 Å². The fourth-order valence-corrected chi connectivity index (χ4v) is 4.49. The SMILES string of the molecule is COc1ccc(CN(C)c2ccc3c(c2)CO/C3=C2/C(=O)NC3=C2C=CC=C(F)C3)c(OC)c1. The number of methoxy groups -OCH3 is 2. The molecule has 5 rings (SSSR count). The summed E-state index contributed by atoms with van der Waals surface area (Å²) in [6.45, 7) is 1.01. The number of nitrogens with zero attached hydrogens (tertiary/aromatic N) is 1. The molecule has 7 heteroatoms. The van der Waals surface area contributed by atoms with E-state index in [1.54, 1.807) is 26.4 Å². The summed E-state index contributed by atoms with van der Waals surface area (Å²) in [6, 6.07) is 11.8. The van der Waals surface area contributed by atoms with Gasteiger partial charge in [0.1, 0.15) is 29.7 Å². The van der Waals surface area contributed by atoms with Crippen molar-refractivity contribution in [3.8, 4) is 11.5 Å². The smallest absolute Gasteiger partial charge is 0.259 e. The van der Waals surface area contributed by atoms with Crippen molar-refractivity contribution in [3.63, 3.8) is 0 Å². The van der Waals surface area contributed by atoms with Gasteiger partial charge in [-0.15, -0.1) is 0 Å². The van der Waals surface area contributed by atoms with Gasteiger partial charge >= 0.3 is 0 Å². The quantitative estimate of drug-likeness (QED) is 0.651. The average Bonchev–Trinajstić information content (AvgIpc) is 3.32. The van der Waals surface area contributed by atoms with E-state index in [2.05, 4.69) is 16.3 Å². The summed E-state index contributed by atoms with van der Waals surface area (Å²) in [6.07, 6.45) is 4.86. The highest BCUT2D eigenvalue weighted by molar-refractivity contribution is 6.09. The predicted octanol–water partition coefficient (Wildman–Crippen LogP) is 4.78. The van der Waals surface area contributed by atoms with Crippen molar-refractivity contribution in [2.45, 2.75) is 19.6 Å². The Morgan fingerprint density at radius 2 is 2.00 bits per heavy atom. The maximum Gasteiger partial charge on any atom is 0.259 e. The third kappa shape index (κ3) is 3.83. The van der Waals surface area contributed by atoms with Gasteiger partial charge in [-0.3, -0.25) is 4.79 Å². The van der Waals surface area contributed by atoms with Crippen molar-refractivity contribution in [2.75, 3.05) is 26.2 Å². The average molecular weight is 461 g/mol. The summed E-state index contributed by atoms with van der Waals surface area (Å²) in [7, 11) is 5.29. The molecule has 0 fully saturated rings. The summed E-state index contributed by atoms with van der Waals surface area (Å²) >= 11 is 0. The van der Waals surface area contributed by atoms with Gasteiger partial charge in [0.2, 0.25) is 0 Å². The number of rotatable bonds is 5. The Bertz CT molecular complexity index is 1310. The lowest BCUT2D eigenvalue weighted by Gasteiger charge is -2.21. The standard InChI is InChI=1S/C27H25FN2O4/c1-30(14-16-7-9-20(32-2)13-24(16)33-3)19-8-10-21-17(11-19)15-34-26(21)25-22-6-4-5-18(28)12-23(22)29-27(25)31/h4-11,13H,12,14-15H2,1-3H3,(H,29,31)/b26-25+. The van der Waals surface area contributed by atoms with Gasteiger partial charge in [0, 0.05) is 59.7 Å². The van der Waals surface area contributed by atoms with Crippen LogP contribution in [0.5, 0.6) is 11.5 Å². The number of benzene rings is 2. The number of amides is 1. The summed E-state index contributed by atoms with van der Waals surface area (Å²) in [5, 5.41) is 2.80. The second kappa shape index (κ2) is 8.74. The van der Waals surface area contributed by atoms with Crippen molar-refractivity contribution in [2.24, 2.45) is 0 Å². The van der Waals surface area contributed by atoms with E-state index in [1.165, 1.54) is 6.08 Å². The minimum atomic E-state index is -0.290. The van der Waals surface area contributed by atoms with Crippen LogP contribution >= 0.6 is 0 Å². The second-order valence-corrected chi connectivity index (χ2v) is 8.36. The van der Waals surface area contributed by atoms with Crippen molar-refractivity contribution >= 4 is 17.4 Å². The van der Waals surface area contributed by atoms with Gasteiger partial charge in [-0.25, -0.2) is 4.39 Å². The van der Waals surface area contributed by atoms with Crippen LogP contribution in [0.1, 0.15) is 23.1 Å². The first kappa shape index (κ1) is 21.8. The number of fused-ring (bicyclic) bond motifs is 1. The van der Waals surface area contributed by atoms with Gasteiger partial charge in [-0.05, 0) is 36.4 Å². The van der Waals surface area contributed by atoms with Crippen LogP contribution in [0.25, 0.3) is 5.76 Å². The Morgan fingerprint density at radius 3 is 2.79 bits per heavy atom. The molecule has 1 aliphatic carbocycles. The monoisotopic (exact) mass is 460 g/mol. The molecule has 0 saturated carbocycles. The zero-order valence-electron chi connectivity index (χ0n) is 19.3. The summed E-state index contributed by atoms with van der Waals surface area (Å²) in [5.74, 6) is 1.49. The Morgan fingerprint density at radius 1 is 1.15 bits per heavy atom. The number of hydrogen-bond donors (Lipinski definition) is 1. The first-order valence-corrected chi connectivity index (χ1v) is 11.0. The van der Waals surface area contributed by atoms with Crippen LogP contribution in [0.2, 0.25) is 0 Å². The van der Waals surface area contributed by atoms with Gasteiger partial charge in [-0.1, -0.05) is 12.2 Å². The van der Waals surface area contributed by atoms with Crippen LogP contribution in [0.3, 0.4) is 0 Å². The van der Waals surface area contributed by atoms with E-state index in [4.69, 9.17) is 14.2 Å². The minimum Gasteiger partial charge on any atom is -0.497 e. The van der Waals surface area contributed by atoms with E-state index in [0.29, 0.717) is 35.8 Å².